The van der Waals surface area contributed by atoms with Crippen LogP contribution < -0.4 is 10.6 Å². The van der Waals surface area contributed by atoms with Gasteiger partial charge in [0, 0.05) is 17.4 Å². The largest absolute Gasteiger partial charge is 0.360 e. The highest BCUT2D eigenvalue weighted by molar-refractivity contribution is 6.02. The third kappa shape index (κ3) is 4.31. The lowest BCUT2D eigenvalue weighted by Crippen LogP contribution is -2.16. The summed E-state index contributed by atoms with van der Waals surface area (Å²) in [7, 11) is 0. The molecule has 2 N–H and O–H groups in total. The molecule has 3 rings (SSSR count). The number of hydrogen-bond acceptors (Lipinski definition) is 6. The molecule has 27 heavy (non-hydrogen) atoms. The van der Waals surface area contributed by atoms with Crippen molar-refractivity contribution in [1.29, 1.82) is 0 Å². The van der Waals surface area contributed by atoms with Crippen LogP contribution in [0, 0.1) is 20.8 Å². The Labute approximate surface area is 158 Å². The summed E-state index contributed by atoms with van der Waals surface area (Å²) in [5.74, 6) is 1.32. The van der Waals surface area contributed by atoms with Gasteiger partial charge in [-0.2, -0.15) is 0 Å². The molecule has 0 aliphatic rings. The quantitative estimate of drug-likeness (QED) is 0.691. The molecule has 1 aromatic carbocycles. The summed E-state index contributed by atoms with van der Waals surface area (Å²) in [6, 6.07) is 9.43. The van der Waals surface area contributed by atoms with Gasteiger partial charge in [0.05, 0.1) is 0 Å². The van der Waals surface area contributed by atoms with Crippen LogP contribution in [0.4, 0.5) is 17.5 Å². The molecule has 0 aliphatic heterocycles. The van der Waals surface area contributed by atoms with Gasteiger partial charge in [-0.25, -0.2) is 9.97 Å². The van der Waals surface area contributed by atoms with E-state index >= 15 is 0 Å². The van der Waals surface area contributed by atoms with Crippen molar-refractivity contribution in [3.63, 3.8) is 0 Å². The Bertz CT molecular complexity index is 978. The molecule has 0 aliphatic carbocycles. The molecule has 7 nitrogen and oxygen atoms in total. The first-order valence-corrected chi connectivity index (χ1v) is 8.80. The van der Waals surface area contributed by atoms with Gasteiger partial charge < -0.3 is 15.2 Å². The molecular formula is C20H23N5O2. The van der Waals surface area contributed by atoms with Crippen LogP contribution in [0.5, 0.6) is 0 Å². The highest BCUT2D eigenvalue weighted by atomic mass is 16.5. The lowest BCUT2D eigenvalue weighted by molar-refractivity contribution is 0.102. The van der Waals surface area contributed by atoms with Gasteiger partial charge in [-0.05, 0) is 43.9 Å². The first-order valence-electron chi connectivity index (χ1n) is 8.80. The Kier molecular flexibility index (Phi) is 5.21. The first-order chi connectivity index (χ1) is 12.8. The second-order valence-corrected chi connectivity index (χ2v) is 6.81. The number of nitrogens with one attached hydrogen (secondary N) is 2. The van der Waals surface area contributed by atoms with Crippen molar-refractivity contribution in [3.05, 3.63) is 58.6 Å². The van der Waals surface area contributed by atoms with Crippen LogP contribution in [-0.4, -0.2) is 21.0 Å². The average Bonchev–Trinajstić information content (AvgIpc) is 3.00. The monoisotopic (exact) mass is 365 g/mol. The number of carbonyl (C=O) groups excluding carboxylic acids is 1. The van der Waals surface area contributed by atoms with Gasteiger partial charge >= 0.3 is 0 Å². The predicted octanol–water partition coefficient (Wildman–Crippen LogP) is 4.51. The highest BCUT2D eigenvalue weighted by Crippen LogP contribution is 2.29. The van der Waals surface area contributed by atoms with Crippen LogP contribution in [0.15, 0.2) is 34.9 Å². The molecule has 3 aromatic rings. The smallest absolute Gasteiger partial charge is 0.275 e. The third-order valence-electron chi connectivity index (χ3n) is 4.12. The van der Waals surface area contributed by atoms with Gasteiger partial charge in [0.2, 0.25) is 5.95 Å². The van der Waals surface area contributed by atoms with Crippen molar-refractivity contribution in [2.45, 2.75) is 40.5 Å². The van der Waals surface area contributed by atoms with E-state index in [0.29, 0.717) is 29.1 Å². The molecule has 2 aromatic heterocycles. The molecule has 0 saturated carbocycles. The Morgan fingerprint density at radius 2 is 1.89 bits per heavy atom. The number of carbonyl (C=O) groups is 1. The van der Waals surface area contributed by atoms with E-state index in [-0.39, 0.29) is 11.6 Å². The van der Waals surface area contributed by atoms with Gasteiger partial charge in [0.25, 0.3) is 5.91 Å². The minimum atomic E-state index is -0.370. The lowest BCUT2D eigenvalue weighted by atomic mass is 9.98. The molecule has 0 fully saturated rings. The van der Waals surface area contributed by atoms with Gasteiger partial charge in [0.1, 0.15) is 11.5 Å². The highest BCUT2D eigenvalue weighted by Gasteiger charge is 2.15. The number of hydrogen-bond donors (Lipinski definition) is 2. The van der Waals surface area contributed by atoms with Crippen molar-refractivity contribution >= 4 is 23.4 Å². The molecule has 0 spiro atoms. The zero-order valence-corrected chi connectivity index (χ0v) is 16.1. The minimum Gasteiger partial charge on any atom is -0.360 e. The van der Waals surface area contributed by atoms with Gasteiger partial charge in [-0.15, -0.1) is 0 Å². The normalized spacial score (nSPS) is 10.9. The lowest BCUT2D eigenvalue weighted by Gasteiger charge is -2.17. The van der Waals surface area contributed by atoms with Crippen LogP contribution in [0.2, 0.25) is 0 Å². The molecule has 1 amide bonds. The van der Waals surface area contributed by atoms with E-state index in [9.17, 15) is 4.79 Å². The fourth-order valence-corrected chi connectivity index (χ4v) is 2.80. The van der Waals surface area contributed by atoms with E-state index in [1.54, 1.807) is 19.1 Å². The summed E-state index contributed by atoms with van der Waals surface area (Å²) >= 11 is 0. The second-order valence-electron chi connectivity index (χ2n) is 6.81. The molecule has 0 atom stereocenters. The molecule has 0 radical (unpaired) electrons. The van der Waals surface area contributed by atoms with Crippen molar-refractivity contribution in [3.8, 4) is 0 Å². The van der Waals surface area contributed by atoms with Crippen LogP contribution in [-0.2, 0) is 0 Å². The molecular weight excluding hydrogens is 342 g/mol. The van der Waals surface area contributed by atoms with Crippen molar-refractivity contribution in [1.82, 2.24) is 15.1 Å². The number of nitrogens with zero attached hydrogens (tertiary/aromatic N) is 3. The summed E-state index contributed by atoms with van der Waals surface area (Å²) in [5, 5.41) is 9.74. The maximum absolute atomic E-state index is 12.5. The Morgan fingerprint density at radius 1 is 1.11 bits per heavy atom. The fraction of sp³-hybridized carbons (Fsp3) is 0.300. The summed E-state index contributed by atoms with van der Waals surface area (Å²) < 4.78 is 4.97. The summed E-state index contributed by atoms with van der Waals surface area (Å²) in [4.78, 5) is 21.3. The predicted molar refractivity (Wildman–Crippen MR) is 105 cm³/mol. The van der Waals surface area contributed by atoms with E-state index in [1.807, 2.05) is 26.0 Å². The summed E-state index contributed by atoms with van der Waals surface area (Å²) in [5.41, 5.74) is 4.18. The molecule has 0 saturated heterocycles. The number of amides is 1. The van der Waals surface area contributed by atoms with Gasteiger partial charge in [0.15, 0.2) is 5.82 Å². The molecule has 7 heteroatoms. The number of anilines is 3. The second kappa shape index (κ2) is 7.57. The van der Waals surface area contributed by atoms with E-state index < -0.39 is 0 Å². The van der Waals surface area contributed by atoms with E-state index in [2.05, 4.69) is 45.7 Å². The Hall–Kier alpha value is -3.22. The van der Waals surface area contributed by atoms with E-state index in [1.165, 1.54) is 5.56 Å². The van der Waals surface area contributed by atoms with Crippen LogP contribution in [0.25, 0.3) is 0 Å². The zero-order chi connectivity index (χ0) is 19.6. The van der Waals surface area contributed by atoms with E-state index in [0.717, 1.165) is 11.3 Å². The summed E-state index contributed by atoms with van der Waals surface area (Å²) in [6.45, 7) is 9.88. The Morgan fingerprint density at radius 3 is 2.56 bits per heavy atom. The van der Waals surface area contributed by atoms with Crippen molar-refractivity contribution in [2.24, 2.45) is 0 Å². The number of aromatic nitrogens is 3. The standard InChI is InChI=1S/C20H23N5O2/c1-11(2)15-8-6-7-12(3)18(15)24-20-21-13(4)9-16(22-20)19(26)23-17-10-14(5)27-25-17/h6-11H,1-5H3,(H,21,22,24)(H,23,25,26). The SMILES string of the molecule is Cc1cc(C(=O)Nc2cc(C)on2)nc(Nc2c(C)cccc2C(C)C)n1. The number of rotatable bonds is 5. The fourth-order valence-electron chi connectivity index (χ4n) is 2.80. The number of para-hydroxylation sites is 1. The molecule has 0 unspecified atom stereocenters. The minimum absolute atomic E-state index is 0.255. The summed E-state index contributed by atoms with van der Waals surface area (Å²) in [6.07, 6.45) is 0. The van der Waals surface area contributed by atoms with Gasteiger partial charge in [-0.1, -0.05) is 37.2 Å². The van der Waals surface area contributed by atoms with Crippen LogP contribution >= 0.6 is 0 Å². The van der Waals surface area contributed by atoms with Crippen molar-refractivity contribution < 1.29 is 9.32 Å². The van der Waals surface area contributed by atoms with Crippen LogP contribution in [0.3, 0.4) is 0 Å². The van der Waals surface area contributed by atoms with Gasteiger partial charge in [-0.3, -0.25) is 4.79 Å². The molecule has 140 valence electrons. The zero-order valence-electron chi connectivity index (χ0n) is 16.1. The molecule has 2 heterocycles. The third-order valence-corrected chi connectivity index (χ3v) is 4.12. The first kappa shape index (κ1) is 18.6. The van der Waals surface area contributed by atoms with E-state index in [4.69, 9.17) is 4.52 Å². The average molecular weight is 365 g/mol. The topological polar surface area (TPSA) is 92.9 Å². The number of benzene rings is 1. The van der Waals surface area contributed by atoms with Crippen molar-refractivity contribution in [2.75, 3.05) is 10.6 Å². The maximum Gasteiger partial charge on any atom is 0.275 e. The molecule has 0 bridgehead atoms. The van der Waals surface area contributed by atoms with Crippen LogP contribution in [0.1, 0.15) is 52.8 Å². The Balaban J connectivity index is 1.89. The number of aryl methyl sites for hydroxylation is 3. The maximum atomic E-state index is 12.5.